The Morgan fingerprint density at radius 1 is 0.969 bits per heavy atom. The minimum atomic E-state index is -0.845. The summed E-state index contributed by atoms with van der Waals surface area (Å²) in [5, 5.41) is 2.47. The third-order valence-electron chi connectivity index (χ3n) is 4.99. The first-order chi connectivity index (χ1) is 15.5. The average Bonchev–Trinajstić information content (AvgIpc) is 2.98. The van der Waals surface area contributed by atoms with Crippen LogP contribution in [0.2, 0.25) is 0 Å². The number of nitrogens with zero attached hydrogens (tertiary/aromatic N) is 1. The van der Waals surface area contributed by atoms with E-state index < -0.39 is 17.7 Å². The standard InChI is InChI=1S/C24H21F3N2O3/c25-19-3-1-2-16(11-19)14-31-15-17-4-7-23-18(10-17)13-29(8-9-32-23)24(30)28-22-6-5-20(26)12-21(22)27/h1-7,10-12H,8-9,13-15H2,(H,28,30). The van der Waals surface area contributed by atoms with Crippen molar-refractivity contribution in [3.63, 3.8) is 0 Å². The second-order valence-corrected chi connectivity index (χ2v) is 7.39. The number of benzene rings is 3. The predicted octanol–water partition coefficient (Wildman–Crippen LogP) is 5.25. The van der Waals surface area contributed by atoms with Crippen LogP contribution in [0.15, 0.2) is 60.7 Å². The largest absolute Gasteiger partial charge is 0.491 e. The molecular formula is C24H21F3N2O3. The molecule has 1 aliphatic heterocycles. The Morgan fingerprint density at radius 3 is 2.53 bits per heavy atom. The van der Waals surface area contributed by atoms with Gasteiger partial charge in [0.1, 0.15) is 29.8 Å². The Bertz CT molecular complexity index is 1120. The van der Waals surface area contributed by atoms with Gasteiger partial charge in [-0.15, -0.1) is 0 Å². The fraction of sp³-hybridized carbons (Fsp3) is 0.208. The third kappa shape index (κ3) is 5.39. The van der Waals surface area contributed by atoms with Gasteiger partial charge < -0.3 is 19.7 Å². The molecule has 0 saturated carbocycles. The molecule has 2 amide bonds. The summed E-state index contributed by atoms with van der Waals surface area (Å²) in [6, 6.07) is 14.2. The quantitative estimate of drug-likeness (QED) is 0.588. The summed E-state index contributed by atoms with van der Waals surface area (Å²) in [7, 11) is 0. The molecule has 0 bridgehead atoms. The van der Waals surface area contributed by atoms with E-state index in [1.807, 2.05) is 18.2 Å². The van der Waals surface area contributed by atoms with Crippen LogP contribution in [0.1, 0.15) is 16.7 Å². The van der Waals surface area contributed by atoms with Gasteiger partial charge in [-0.1, -0.05) is 18.2 Å². The van der Waals surface area contributed by atoms with Crippen molar-refractivity contribution < 1.29 is 27.4 Å². The third-order valence-corrected chi connectivity index (χ3v) is 4.99. The van der Waals surface area contributed by atoms with Crippen molar-refractivity contribution >= 4 is 11.7 Å². The maximum Gasteiger partial charge on any atom is 0.322 e. The van der Waals surface area contributed by atoms with Crippen LogP contribution in [-0.2, 0) is 24.5 Å². The van der Waals surface area contributed by atoms with Crippen LogP contribution < -0.4 is 10.1 Å². The van der Waals surface area contributed by atoms with Crippen molar-refractivity contribution in [2.75, 3.05) is 18.5 Å². The van der Waals surface area contributed by atoms with Crippen molar-refractivity contribution in [3.8, 4) is 5.75 Å². The van der Waals surface area contributed by atoms with Crippen molar-refractivity contribution in [3.05, 3.63) is 94.8 Å². The summed E-state index contributed by atoms with van der Waals surface area (Å²) in [6.07, 6.45) is 0. The van der Waals surface area contributed by atoms with Crippen LogP contribution in [-0.4, -0.2) is 24.1 Å². The fourth-order valence-electron chi connectivity index (χ4n) is 3.41. The van der Waals surface area contributed by atoms with E-state index in [1.165, 1.54) is 23.1 Å². The molecule has 0 aliphatic carbocycles. The zero-order valence-electron chi connectivity index (χ0n) is 17.1. The monoisotopic (exact) mass is 442 g/mol. The number of urea groups is 1. The minimum Gasteiger partial charge on any atom is -0.491 e. The van der Waals surface area contributed by atoms with Gasteiger partial charge in [-0.2, -0.15) is 0 Å². The Labute approximate surface area is 183 Å². The first kappa shape index (κ1) is 21.7. The summed E-state index contributed by atoms with van der Waals surface area (Å²) < 4.78 is 51.7. The Balaban J connectivity index is 1.40. The van der Waals surface area contributed by atoms with Gasteiger partial charge >= 0.3 is 6.03 Å². The molecule has 32 heavy (non-hydrogen) atoms. The number of halogens is 3. The van der Waals surface area contributed by atoms with E-state index in [2.05, 4.69) is 5.32 Å². The molecule has 1 aliphatic rings. The molecule has 0 atom stereocenters. The number of carbonyl (C=O) groups is 1. The van der Waals surface area contributed by atoms with Crippen LogP contribution in [0, 0.1) is 17.5 Å². The zero-order chi connectivity index (χ0) is 22.5. The van der Waals surface area contributed by atoms with E-state index in [9.17, 15) is 18.0 Å². The van der Waals surface area contributed by atoms with E-state index in [-0.39, 0.29) is 31.3 Å². The second-order valence-electron chi connectivity index (χ2n) is 7.39. The summed E-state index contributed by atoms with van der Waals surface area (Å²) in [5.74, 6) is -1.22. The van der Waals surface area contributed by atoms with Gasteiger partial charge in [0.05, 0.1) is 32.0 Å². The van der Waals surface area contributed by atoms with Gasteiger partial charge in [-0.25, -0.2) is 18.0 Å². The fourth-order valence-corrected chi connectivity index (χ4v) is 3.41. The summed E-state index contributed by atoms with van der Waals surface area (Å²) in [5.41, 5.74) is 2.29. The van der Waals surface area contributed by atoms with E-state index in [1.54, 1.807) is 12.1 Å². The first-order valence-corrected chi connectivity index (χ1v) is 10.1. The smallest absolute Gasteiger partial charge is 0.322 e. The molecular weight excluding hydrogens is 421 g/mol. The maximum atomic E-state index is 13.9. The van der Waals surface area contributed by atoms with Gasteiger partial charge in [0.15, 0.2) is 0 Å². The molecule has 0 spiro atoms. The molecule has 0 aromatic heterocycles. The number of ether oxygens (including phenoxy) is 2. The van der Waals surface area contributed by atoms with E-state index in [0.717, 1.165) is 22.8 Å². The Kier molecular flexibility index (Phi) is 6.61. The van der Waals surface area contributed by atoms with Gasteiger partial charge in [0.25, 0.3) is 0 Å². The highest BCUT2D eigenvalue weighted by molar-refractivity contribution is 5.89. The van der Waals surface area contributed by atoms with Gasteiger partial charge in [-0.3, -0.25) is 0 Å². The molecule has 3 aromatic rings. The van der Waals surface area contributed by atoms with Crippen LogP contribution in [0.3, 0.4) is 0 Å². The van der Waals surface area contributed by atoms with Crippen molar-refractivity contribution in [1.29, 1.82) is 0 Å². The van der Waals surface area contributed by atoms with E-state index >= 15 is 0 Å². The van der Waals surface area contributed by atoms with Gasteiger partial charge in [0.2, 0.25) is 0 Å². The highest BCUT2D eigenvalue weighted by Crippen LogP contribution is 2.26. The van der Waals surface area contributed by atoms with Crippen molar-refractivity contribution in [2.24, 2.45) is 0 Å². The van der Waals surface area contributed by atoms with Crippen LogP contribution in [0.25, 0.3) is 0 Å². The lowest BCUT2D eigenvalue weighted by molar-refractivity contribution is 0.107. The number of anilines is 1. The van der Waals surface area contributed by atoms with Crippen LogP contribution in [0.4, 0.5) is 23.7 Å². The number of amides is 2. The number of hydrogen-bond acceptors (Lipinski definition) is 3. The number of fused-ring (bicyclic) bond motifs is 1. The molecule has 3 aromatic carbocycles. The first-order valence-electron chi connectivity index (χ1n) is 10.1. The summed E-state index contributed by atoms with van der Waals surface area (Å²) in [4.78, 5) is 14.1. The topological polar surface area (TPSA) is 50.8 Å². The molecule has 0 saturated heterocycles. The predicted molar refractivity (Wildman–Crippen MR) is 113 cm³/mol. The summed E-state index contributed by atoms with van der Waals surface area (Å²) >= 11 is 0. The lowest BCUT2D eigenvalue weighted by Crippen LogP contribution is -2.36. The number of rotatable bonds is 5. The van der Waals surface area contributed by atoms with Crippen molar-refractivity contribution in [2.45, 2.75) is 19.8 Å². The van der Waals surface area contributed by atoms with Gasteiger partial charge in [-0.05, 0) is 47.5 Å². The SMILES string of the molecule is O=C(Nc1ccc(F)cc1F)N1CCOc2ccc(COCc3cccc(F)c3)cc2C1. The van der Waals surface area contributed by atoms with E-state index in [0.29, 0.717) is 25.0 Å². The maximum absolute atomic E-state index is 13.9. The van der Waals surface area contributed by atoms with Crippen molar-refractivity contribution in [1.82, 2.24) is 4.90 Å². The van der Waals surface area contributed by atoms with Crippen LogP contribution in [0.5, 0.6) is 5.75 Å². The second kappa shape index (κ2) is 9.74. The average molecular weight is 442 g/mol. The number of carbonyl (C=O) groups excluding carboxylic acids is 1. The normalized spacial score (nSPS) is 13.2. The molecule has 166 valence electrons. The highest BCUT2D eigenvalue weighted by Gasteiger charge is 2.21. The Hall–Kier alpha value is -3.52. The highest BCUT2D eigenvalue weighted by atomic mass is 19.1. The minimum absolute atomic E-state index is 0.0960. The van der Waals surface area contributed by atoms with Crippen LogP contribution >= 0.6 is 0 Å². The lowest BCUT2D eigenvalue weighted by atomic mass is 10.1. The molecule has 0 radical (unpaired) electrons. The van der Waals surface area contributed by atoms with E-state index in [4.69, 9.17) is 9.47 Å². The Morgan fingerprint density at radius 2 is 1.75 bits per heavy atom. The molecule has 5 nitrogen and oxygen atoms in total. The zero-order valence-corrected chi connectivity index (χ0v) is 17.1. The van der Waals surface area contributed by atoms with Gasteiger partial charge in [0, 0.05) is 11.6 Å². The molecule has 0 fully saturated rings. The molecule has 8 heteroatoms. The lowest BCUT2D eigenvalue weighted by Gasteiger charge is -2.21. The molecule has 1 N–H and O–H groups in total. The number of nitrogens with one attached hydrogen (secondary N) is 1. The number of hydrogen-bond donors (Lipinski definition) is 1. The molecule has 1 heterocycles. The molecule has 0 unspecified atom stereocenters. The summed E-state index contributed by atoms with van der Waals surface area (Å²) in [6.45, 7) is 1.40. The molecule has 4 rings (SSSR count).